The first kappa shape index (κ1) is 17.5. The highest BCUT2D eigenvalue weighted by molar-refractivity contribution is 6.07. The molecular formula is C18H25N3O4. The van der Waals surface area contributed by atoms with Gasteiger partial charge in [0.05, 0.1) is 12.3 Å². The molecule has 2 heterocycles. The van der Waals surface area contributed by atoms with Crippen LogP contribution in [-0.4, -0.2) is 46.8 Å². The van der Waals surface area contributed by atoms with E-state index in [9.17, 15) is 14.4 Å². The predicted octanol–water partition coefficient (Wildman–Crippen LogP) is 2.44. The van der Waals surface area contributed by atoms with E-state index in [0.717, 1.165) is 31.4 Å². The van der Waals surface area contributed by atoms with Gasteiger partial charge in [0.25, 0.3) is 5.91 Å². The van der Waals surface area contributed by atoms with Crippen molar-refractivity contribution in [3.8, 4) is 0 Å². The van der Waals surface area contributed by atoms with E-state index in [1.807, 2.05) is 13.0 Å². The molecule has 7 nitrogen and oxygen atoms in total. The molecule has 1 aromatic rings. The van der Waals surface area contributed by atoms with Gasteiger partial charge < -0.3 is 14.6 Å². The highest BCUT2D eigenvalue weighted by atomic mass is 16.3. The van der Waals surface area contributed by atoms with Gasteiger partial charge in [0.1, 0.15) is 11.3 Å². The van der Waals surface area contributed by atoms with E-state index in [1.165, 1.54) is 4.90 Å². The quantitative estimate of drug-likeness (QED) is 0.801. The molecule has 1 aliphatic heterocycles. The predicted molar refractivity (Wildman–Crippen MR) is 90.6 cm³/mol. The lowest BCUT2D eigenvalue weighted by Gasteiger charge is -2.24. The summed E-state index contributed by atoms with van der Waals surface area (Å²) in [4.78, 5) is 39.9. The van der Waals surface area contributed by atoms with Crippen LogP contribution < -0.4 is 5.32 Å². The van der Waals surface area contributed by atoms with E-state index in [-0.39, 0.29) is 36.9 Å². The summed E-state index contributed by atoms with van der Waals surface area (Å²) >= 11 is 0. The van der Waals surface area contributed by atoms with Gasteiger partial charge in [-0.3, -0.25) is 14.5 Å². The minimum atomic E-state index is -0.675. The lowest BCUT2D eigenvalue weighted by molar-refractivity contribution is -0.134. The van der Waals surface area contributed by atoms with Crippen molar-refractivity contribution in [2.75, 3.05) is 13.6 Å². The summed E-state index contributed by atoms with van der Waals surface area (Å²) in [6.07, 6.45) is 5.70. The van der Waals surface area contributed by atoms with Crippen molar-refractivity contribution in [3.05, 3.63) is 24.2 Å². The molecule has 1 unspecified atom stereocenters. The molecule has 1 aliphatic carbocycles. The van der Waals surface area contributed by atoms with Crippen LogP contribution in [0.4, 0.5) is 4.79 Å². The number of carbonyl (C=O) groups excluding carboxylic acids is 3. The smallest absolute Gasteiger partial charge is 0.325 e. The maximum Gasteiger partial charge on any atom is 0.325 e. The van der Waals surface area contributed by atoms with Crippen LogP contribution in [0.5, 0.6) is 0 Å². The van der Waals surface area contributed by atoms with Crippen LogP contribution in [0.1, 0.15) is 57.3 Å². The molecule has 1 N–H and O–H groups in total. The number of urea groups is 1. The number of hydrogen-bond acceptors (Lipinski definition) is 4. The zero-order valence-electron chi connectivity index (χ0n) is 14.8. The molecule has 0 bridgehead atoms. The van der Waals surface area contributed by atoms with Crippen molar-refractivity contribution in [1.82, 2.24) is 15.1 Å². The van der Waals surface area contributed by atoms with Crippen LogP contribution in [0.15, 0.2) is 22.8 Å². The number of furan rings is 1. The summed E-state index contributed by atoms with van der Waals surface area (Å²) in [6, 6.07) is 3.15. The van der Waals surface area contributed by atoms with Gasteiger partial charge in [0.15, 0.2) is 0 Å². The Bertz CT molecular complexity index is 649. The summed E-state index contributed by atoms with van der Waals surface area (Å²) < 4.78 is 5.33. The summed E-state index contributed by atoms with van der Waals surface area (Å²) in [5.41, 5.74) is -0.675. The van der Waals surface area contributed by atoms with Gasteiger partial charge >= 0.3 is 6.03 Å². The van der Waals surface area contributed by atoms with Gasteiger partial charge in [-0.05, 0) is 38.3 Å². The van der Waals surface area contributed by atoms with Gasteiger partial charge in [-0.2, -0.15) is 0 Å². The van der Waals surface area contributed by atoms with E-state index in [4.69, 9.17) is 4.42 Å². The van der Waals surface area contributed by atoms with Crippen molar-refractivity contribution in [3.63, 3.8) is 0 Å². The highest BCUT2D eigenvalue weighted by Crippen LogP contribution is 2.35. The van der Waals surface area contributed by atoms with Gasteiger partial charge in [0.2, 0.25) is 5.91 Å². The van der Waals surface area contributed by atoms with E-state index in [0.29, 0.717) is 6.42 Å². The SMILES string of the molecule is CC(c1ccco1)N(C)C(=O)CCCN1C(=O)NC2(CCCC2)C1=O. The Hall–Kier alpha value is -2.31. The zero-order chi connectivity index (χ0) is 18.0. The maximum absolute atomic E-state index is 12.5. The van der Waals surface area contributed by atoms with Crippen LogP contribution in [-0.2, 0) is 9.59 Å². The Kier molecular flexibility index (Phi) is 4.83. The largest absolute Gasteiger partial charge is 0.467 e. The van der Waals surface area contributed by atoms with E-state index in [1.54, 1.807) is 24.3 Å². The van der Waals surface area contributed by atoms with Crippen molar-refractivity contribution < 1.29 is 18.8 Å². The monoisotopic (exact) mass is 347 g/mol. The molecule has 136 valence electrons. The van der Waals surface area contributed by atoms with Crippen molar-refractivity contribution in [1.29, 1.82) is 0 Å². The Labute approximate surface area is 147 Å². The second kappa shape index (κ2) is 6.90. The number of carbonyl (C=O) groups is 3. The summed E-state index contributed by atoms with van der Waals surface area (Å²) in [5, 5.41) is 2.86. The van der Waals surface area contributed by atoms with Crippen LogP contribution in [0.25, 0.3) is 0 Å². The molecular weight excluding hydrogens is 322 g/mol. The number of imide groups is 1. The Morgan fingerprint density at radius 2 is 2.12 bits per heavy atom. The molecule has 3 rings (SSSR count). The molecule has 25 heavy (non-hydrogen) atoms. The molecule has 1 atom stereocenters. The molecule has 2 fully saturated rings. The molecule has 0 radical (unpaired) electrons. The maximum atomic E-state index is 12.5. The Morgan fingerprint density at radius 3 is 2.76 bits per heavy atom. The van der Waals surface area contributed by atoms with E-state index < -0.39 is 5.54 Å². The number of amides is 4. The summed E-state index contributed by atoms with van der Waals surface area (Å²) in [7, 11) is 1.73. The molecule has 2 aliphatic rings. The first-order chi connectivity index (χ1) is 11.9. The minimum Gasteiger partial charge on any atom is -0.467 e. The number of rotatable bonds is 6. The molecule has 1 saturated heterocycles. The topological polar surface area (TPSA) is 82.9 Å². The van der Waals surface area contributed by atoms with Crippen molar-refractivity contribution in [2.24, 2.45) is 0 Å². The number of nitrogens with one attached hydrogen (secondary N) is 1. The first-order valence-corrected chi connectivity index (χ1v) is 8.88. The fourth-order valence-corrected chi connectivity index (χ4v) is 3.70. The lowest BCUT2D eigenvalue weighted by Crippen LogP contribution is -2.44. The molecule has 1 aromatic heterocycles. The molecule has 1 saturated carbocycles. The minimum absolute atomic E-state index is 0.0356. The Morgan fingerprint density at radius 1 is 1.40 bits per heavy atom. The third-order valence-electron chi connectivity index (χ3n) is 5.40. The average Bonchev–Trinajstić information content (AvgIpc) is 3.32. The second-order valence-corrected chi connectivity index (χ2v) is 6.98. The first-order valence-electron chi connectivity index (χ1n) is 8.88. The van der Waals surface area contributed by atoms with Crippen LogP contribution in [0.3, 0.4) is 0 Å². The van der Waals surface area contributed by atoms with Crippen molar-refractivity contribution >= 4 is 17.8 Å². The fraction of sp³-hybridized carbons (Fsp3) is 0.611. The zero-order valence-corrected chi connectivity index (χ0v) is 14.8. The third kappa shape index (κ3) is 3.27. The third-order valence-corrected chi connectivity index (χ3v) is 5.40. The molecule has 1 spiro atoms. The van der Waals surface area contributed by atoms with Crippen LogP contribution >= 0.6 is 0 Å². The second-order valence-electron chi connectivity index (χ2n) is 6.98. The van der Waals surface area contributed by atoms with Crippen LogP contribution in [0.2, 0.25) is 0 Å². The highest BCUT2D eigenvalue weighted by Gasteiger charge is 2.52. The summed E-state index contributed by atoms with van der Waals surface area (Å²) in [5.74, 6) is 0.569. The molecule has 0 aromatic carbocycles. The van der Waals surface area contributed by atoms with E-state index >= 15 is 0 Å². The average molecular weight is 347 g/mol. The fourth-order valence-electron chi connectivity index (χ4n) is 3.70. The number of hydrogen-bond donors (Lipinski definition) is 1. The normalized spacial score (nSPS) is 20.2. The van der Waals surface area contributed by atoms with Crippen LogP contribution in [0, 0.1) is 0 Å². The summed E-state index contributed by atoms with van der Waals surface area (Å²) in [6.45, 7) is 2.18. The van der Waals surface area contributed by atoms with Gasteiger partial charge in [-0.25, -0.2) is 4.79 Å². The molecule has 7 heteroatoms. The van der Waals surface area contributed by atoms with Gasteiger partial charge in [0, 0.05) is 20.0 Å². The lowest BCUT2D eigenvalue weighted by atomic mass is 9.98. The van der Waals surface area contributed by atoms with Gasteiger partial charge in [-0.15, -0.1) is 0 Å². The van der Waals surface area contributed by atoms with Crippen molar-refractivity contribution in [2.45, 2.75) is 57.0 Å². The Balaban J connectivity index is 1.50. The molecule has 4 amide bonds. The number of nitrogens with zero attached hydrogens (tertiary/aromatic N) is 2. The van der Waals surface area contributed by atoms with Gasteiger partial charge in [-0.1, -0.05) is 12.8 Å². The standard InChI is InChI=1S/C18H25N3O4/c1-13(14-7-6-12-25-14)20(2)15(22)8-5-11-21-16(23)18(19-17(21)24)9-3-4-10-18/h6-7,12-13H,3-5,8-11H2,1-2H3,(H,19,24). The van der Waals surface area contributed by atoms with E-state index in [2.05, 4.69) is 5.32 Å².